The van der Waals surface area contributed by atoms with Gasteiger partial charge in [0, 0.05) is 17.6 Å². The lowest BCUT2D eigenvalue weighted by Gasteiger charge is -2.05. The molecule has 0 bridgehead atoms. The van der Waals surface area contributed by atoms with Gasteiger partial charge in [0.2, 0.25) is 10.0 Å². The molecule has 0 fully saturated rings. The van der Waals surface area contributed by atoms with Gasteiger partial charge in [-0.2, -0.15) is 0 Å². The summed E-state index contributed by atoms with van der Waals surface area (Å²) in [5.41, 5.74) is 1.68. The molecule has 30 heavy (non-hydrogen) atoms. The molecule has 1 aromatic heterocycles. The van der Waals surface area contributed by atoms with Crippen molar-refractivity contribution < 1.29 is 18.0 Å². The third-order valence-corrected chi connectivity index (χ3v) is 5.63. The highest BCUT2D eigenvalue weighted by molar-refractivity contribution is 7.89. The van der Waals surface area contributed by atoms with E-state index in [2.05, 4.69) is 20.9 Å². The first-order valence-electron chi connectivity index (χ1n) is 8.80. The van der Waals surface area contributed by atoms with Crippen molar-refractivity contribution in [3.63, 3.8) is 0 Å². The number of primary sulfonamides is 1. The first-order valence-corrected chi connectivity index (χ1v) is 11.2. The van der Waals surface area contributed by atoms with Crippen LogP contribution in [0, 0.1) is 0 Å². The number of nitrogens with zero attached hydrogens (tertiary/aromatic N) is 1. The maximum absolute atomic E-state index is 12.2. The lowest BCUT2D eigenvalue weighted by atomic mass is 10.1. The number of amides is 3. The van der Waals surface area contributed by atoms with Crippen molar-refractivity contribution in [2.75, 3.05) is 17.2 Å². The largest absolute Gasteiger partial charge is 0.350 e. The fraction of sp³-hybridized carbons (Fsp3) is 0.105. The van der Waals surface area contributed by atoms with Crippen LogP contribution in [0.3, 0.4) is 0 Å². The lowest BCUT2D eigenvalue weighted by molar-refractivity contribution is 0.0950. The van der Waals surface area contributed by atoms with Crippen LogP contribution < -0.4 is 21.1 Å². The fourth-order valence-electron chi connectivity index (χ4n) is 2.47. The molecule has 2 aromatic carbocycles. The Morgan fingerprint density at radius 1 is 1.00 bits per heavy atom. The van der Waals surface area contributed by atoms with Gasteiger partial charge in [-0.1, -0.05) is 30.3 Å². The van der Waals surface area contributed by atoms with E-state index in [1.54, 1.807) is 41.8 Å². The van der Waals surface area contributed by atoms with E-state index in [1.807, 2.05) is 6.07 Å². The molecule has 3 rings (SSSR count). The van der Waals surface area contributed by atoms with Gasteiger partial charge in [-0.15, -0.1) is 11.3 Å². The molecule has 0 atom stereocenters. The molecule has 0 spiro atoms. The Labute approximate surface area is 177 Å². The molecule has 0 unspecified atom stereocenters. The Kier molecular flexibility index (Phi) is 6.77. The minimum atomic E-state index is -3.73. The molecule has 3 amide bonds. The van der Waals surface area contributed by atoms with Crippen LogP contribution in [-0.4, -0.2) is 31.9 Å². The molecule has 1 heterocycles. The predicted octanol–water partition coefficient (Wildman–Crippen LogP) is 2.41. The number of aromatic nitrogens is 1. The van der Waals surface area contributed by atoms with Crippen molar-refractivity contribution in [1.82, 2.24) is 10.3 Å². The second-order valence-corrected chi connectivity index (χ2v) is 8.60. The molecular formula is C19H19N5O4S2. The number of para-hydroxylation sites is 1. The summed E-state index contributed by atoms with van der Waals surface area (Å²) in [6.07, 6.45) is 0.505. The highest BCUT2D eigenvalue weighted by Crippen LogP contribution is 2.16. The number of hydrogen-bond donors (Lipinski definition) is 4. The fourth-order valence-corrected chi connectivity index (χ4v) is 3.67. The second kappa shape index (κ2) is 9.48. The summed E-state index contributed by atoms with van der Waals surface area (Å²) >= 11 is 1.14. The van der Waals surface area contributed by atoms with Crippen LogP contribution in [0.5, 0.6) is 0 Å². The number of nitrogens with one attached hydrogen (secondary N) is 3. The van der Waals surface area contributed by atoms with Crippen LogP contribution in [-0.2, 0) is 16.4 Å². The third kappa shape index (κ3) is 6.11. The van der Waals surface area contributed by atoms with E-state index in [-0.39, 0.29) is 16.5 Å². The van der Waals surface area contributed by atoms with Crippen molar-refractivity contribution in [1.29, 1.82) is 0 Å². The van der Waals surface area contributed by atoms with E-state index in [1.165, 1.54) is 12.1 Å². The molecular weight excluding hydrogens is 426 g/mol. The SMILES string of the molecule is NS(=O)(=O)c1ccc(CCNC(=O)c2csc(NC(=O)Nc3ccccc3)n2)cc1. The molecule has 11 heteroatoms. The number of carbonyl (C=O) groups excluding carboxylic acids is 2. The quantitative estimate of drug-likeness (QED) is 0.441. The second-order valence-electron chi connectivity index (χ2n) is 6.18. The molecule has 5 N–H and O–H groups in total. The van der Waals surface area contributed by atoms with Crippen LogP contribution >= 0.6 is 11.3 Å². The van der Waals surface area contributed by atoms with Crippen LogP contribution in [0.1, 0.15) is 16.1 Å². The number of anilines is 2. The Hall–Kier alpha value is -3.28. The van der Waals surface area contributed by atoms with Crippen molar-refractivity contribution in [2.24, 2.45) is 5.14 Å². The van der Waals surface area contributed by atoms with Crippen LogP contribution in [0.4, 0.5) is 15.6 Å². The molecule has 156 valence electrons. The van der Waals surface area contributed by atoms with E-state index in [0.29, 0.717) is 23.8 Å². The van der Waals surface area contributed by atoms with E-state index in [0.717, 1.165) is 16.9 Å². The molecule has 3 aromatic rings. The van der Waals surface area contributed by atoms with Gasteiger partial charge in [0.25, 0.3) is 5.91 Å². The third-order valence-electron chi connectivity index (χ3n) is 3.94. The smallest absolute Gasteiger partial charge is 0.325 e. The number of thiazole rings is 1. The summed E-state index contributed by atoms with van der Waals surface area (Å²) in [6.45, 7) is 0.336. The van der Waals surface area contributed by atoms with Crippen molar-refractivity contribution in [3.05, 3.63) is 71.2 Å². The monoisotopic (exact) mass is 445 g/mol. The average Bonchev–Trinajstić information content (AvgIpc) is 3.17. The Bertz CT molecular complexity index is 1130. The van der Waals surface area contributed by atoms with Gasteiger partial charge < -0.3 is 10.6 Å². The zero-order valence-corrected chi connectivity index (χ0v) is 17.3. The first kappa shape index (κ1) is 21.4. The minimum Gasteiger partial charge on any atom is -0.350 e. The summed E-state index contributed by atoms with van der Waals surface area (Å²) in [4.78, 5) is 28.3. The van der Waals surface area contributed by atoms with Gasteiger partial charge in [0.15, 0.2) is 5.13 Å². The summed E-state index contributed by atoms with van der Waals surface area (Å²) < 4.78 is 22.5. The number of nitrogens with two attached hydrogens (primary N) is 1. The summed E-state index contributed by atoms with van der Waals surface area (Å²) in [5.74, 6) is -0.371. The number of urea groups is 1. The summed E-state index contributed by atoms with van der Waals surface area (Å²) in [5, 5.41) is 14.9. The molecule has 9 nitrogen and oxygen atoms in total. The standard InChI is InChI=1S/C19H19N5O4S2/c20-30(27,28)15-8-6-13(7-9-15)10-11-21-17(25)16-12-29-19(23-16)24-18(26)22-14-4-2-1-3-5-14/h1-9,12H,10-11H2,(H,21,25)(H2,20,27,28)(H2,22,23,24,26). The molecule has 0 aliphatic heterocycles. The summed E-state index contributed by atoms with van der Waals surface area (Å²) in [7, 11) is -3.73. The Balaban J connectivity index is 1.47. The Morgan fingerprint density at radius 2 is 1.70 bits per heavy atom. The van der Waals surface area contributed by atoms with Gasteiger partial charge in [-0.25, -0.2) is 23.3 Å². The van der Waals surface area contributed by atoms with E-state index < -0.39 is 16.1 Å². The molecule has 0 aliphatic rings. The normalized spacial score (nSPS) is 11.0. The van der Waals surface area contributed by atoms with E-state index in [9.17, 15) is 18.0 Å². The number of carbonyl (C=O) groups is 2. The molecule has 0 saturated carbocycles. The maximum Gasteiger partial charge on any atom is 0.325 e. The van der Waals surface area contributed by atoms with Crippen LogP contribution in [0.15, 0.2) is 64.9 Å². The zero-order valence-electron chi connectivity index (χ0n) is 15.7. The van der Waals surface area contributed by atoms with Crippen molar-refractivity contribution in [2.45, 2.75) is 11.3 Å². The van der Waals surface area contributed by atoms with Crippen LogP contribution in [0.2, 0.25) is 0 Å². The molecule has 0 radical (unpaired) electrons. The highest BCUT2D eigenvalue weighted by atomic mass is 32.2. The van der Waals surface area contributed by atoms with E-state index >= 15 is 0 Å². The average molecular weight is 446 g/mol. The first-order chi connectivity index (χ1) is 14.3. The number of rotatable bonds is 7. The van der Waals surface area contributed by atoms with Gasteiger partial charge >= 0.3 is 6.03 Å². The molecule has 0 aliphatic carbocycles. The predicted molar refractivity (Wildman–Crippen MR) is 115 cm³/mol. The summed E-state index contributed by atoms with van der Waals surface area (Å²) in [6, 6.07) is 14.6. The van der Waals surface area contributed by atoms with Gasteiger partial charge in [0.05, 0.1) is 4.90 Å². The zero-order chi connectivity index (χ0) is 21.6. The van der Waals surface area contributed by atoms with E-state index in [4.69, 9.17) is 5.14 Å². The van der Waals surface area contributed by atoms with Gasteiger partial charge in [-0.3, -0.25) is 10.1 Å². The van der Waals surface area contributed by atoms with Gasteiger partial charge in [-0.05, 0) is 36.2 Å². The number of hydrogen-bond acceptors (Lipinski definition) is 6. The lowest BCUT2D eigenvalue weighted by Crippen LogP contribution is -2.26. The minimum absolute atomic E-state index is 0.0362. The van der Waals surface area contributed by atoms with Crippen molar-refractivity contribution >= 4 is 44.1 Å². The number of benzene rings is 2. The van der Waals surface area contributed by atoms with Gasteiger partial charge in [0.1, 0.15) is 5.69 Å². The maximum atomic E-state index is 12.2. The topological polar surface area (TPSA) is 143 Å². The molecule has 0 saturated heterocycles. The van der Waals surface area contributed by atoms with Crippen LogP contribution in [0.25, 0.3) is 0 Å². The van der Waals surface area contributed by atoms with Crippen molar-refractivity contribution in [3.8, 4) is 0 Å². The number of sulfonamides is 1. The highest BCUT2D eigenvalue weighted by Gasteiger charge is 2.12. The Morgan fingerprint density at radius 3 is 2.37 bits per heavy atom.